The van der Waals surface area contributed by atoms with E-state index < -0.39 is 0 Å². The number of halogens is 1. The molecule has 1 heterocycles. The van der Waals surface area contributed by atoms with E-state index in [1.165, 1.54) is 4.90 Å². The van der Waals surface area contributed by atoms with Crippen LogP contribution in [0.4, 0.5) is 4.79 Å². The Labute approximate surface area is 85.8 Å². The summed E-state index contributed by atoms with van der Waals surface area (Å²) < 4.78 is 0. The number of nitrogens with zero attached hydrogens (tertiary/aromatic N) is 1. The van der Waals surface area contributed by atoms with Crippen molar-refractivity contribution in [3.8, 4) is 0 Å². The maximum Gasteiger partial charge on any atom is 0.324 e. The maximum atomic E-state index is 11.2. The summed E-state index contributed by atoms with van der Waals surface area (Å²) in [5.74, 6) is 0.234. The van der Waals surface area contributed by atoms with Crippen molar-refractivity contribution >= 4 is 27.9 Å². The minimum absolute atomic E-state index is 0.121. The van der Waals surface area contributed by atoms with Crippen molar-refractivity contribution in [3.63, 3.8) is 0 Å². The topological polar surface area (TPSA) is 49.4 Å². The number of nitrogens with one attached hydrogen (secondary N) is 1. The van der Waals surface area contributed by atoms with Crippen LogP contribution in [0.2, 0.25) is 0 Å². The van der Waals surface area contributed by atoms with Crippen LogP contribution >= 0.6 is 15.9 Å². The molecule has 5 heteroatoms. The Bertz CT molecular complexity index is 200. The summed E-state index contributed by atoms with van der Waals surface area (Å²) in [7, 11) is 0. The maximum absolute atomic E-state index is 11.2. The number of carbonyl (C=O) groups excluding carboxylic acids is 2. The number of hydrogen-bond donors (Lipinski definition) is 1. The van der Waals surface area contributed by atoms with E-state index in [0.717, 1.165) is 11.8 Å². The lowest BCUT2D eigenvalue weighted by molar-refractivity contribution is -0.125. The van der Waals surface area contributed by atoms with Gasteiger partial charge in [-0.1, -0.05) is 29.3 Å². The van der Waals surface area contributed by atoms with Gasteiger partial charge >= 0.3 is 6.03 Å². The molecule has 0 aromatic carbocycles. The van der Waals surface area contributed by atoms with Gasteiger partial charge in [0.2, 0.25) is 5.91 Å². The first-order valence-corrected chi connectivity index (χ1v) is 5.45. The minimum atomic E-state index is -0.260. The van der Waals surface area contributed by atoms with Crippen LogP contribution in [-0.4, -0.2) is 35.3 Å². The average molecular weight is 249 g/mol. The molecule has 1 aliphatic heterocycles. The Balaban J connectivity index is 2.51. The summed E-state index contributed by atoms with van der Waals surface area (Å²) in [6.07, 6.45) is 0.961. The summed E-state index contributed by atoms with van der Waals surface area (Å²) in [6.45, 7) is 2.72. The van der Waals surface area contributed by atoms with Crippen molar-refractivity contribution < 1.29 is 9.59 Å². The van der Waals surface area contributed by atoms with Gasteiger partial charge in [0.25, 0.3) is 0 Å². The highest BCUT2D eigenvalue weighted by Crippen LogP contribution is 2.11. The van der Waals surface area contributed by atoms with Gasteiger partial charge in [0.1, 0.15) is 0 Å². The van der Waals surface area contributed by atoms with Gasteiger partial charge in [-0.05, 0) is 5.92 Å². The predicted octanol–water partition coefficient (Wildman–Crippen LogP) is 0.959. The molecule has 1 fully saturated rings. The Morgan fingerprint density at radius 1 is 1.62 bits per heavy atom. The fraction of sp³-hybridized carbons (Fsp3) is 0.750. The van der Waals surface area contributed by atoms with Crippen molar-refractivity contribution in [2.45, 2.75) is 13.3 Å². The number of rotatable bonds is 4. The zero-order valence-corrected chi connectivity index (χ0v) is 9.13. The third kappa shape index (κ3) is 2.43. The van der Waals surface area contributed by atoms with Gasteiger partial charge in [0, 0.05) is 11.9 Å². The lowest BCUT2D eigenvalue weighted by atomic mass is 10.1. The molecule has 0 saturated carbocycles. The first-order chi connectivity index (χ1) is 6.19. The highest BCUT2D eigenvalue weighted by Gasteiger charge is 2.29. The fourth-order valence-corrected chi connectivity index (χ4v) is 1.85. The second-order valence-corrected chi connectivity index (χ2v) is 3.74. The van der Waals surface area contributed by atoms with Gasteiger partial charge in [-0.2, -0.15) is 0 Å². The SMILES string of the molecule is CCC(CBr)CN1C(=O)CNC1=O. The summed E-state index contributed by atoms with van der Waals surface area (Å²) in [5.41, 5.74) is 0. The zero-order valence-electron chi connectivity index (χ0n) is 7.55. The van der Waals surface area contributed by atoms with Crippen LogP contribution < -0.4 is 5.32 Å². The lowest BCUT2D eigenvalue weighted by Crippen LogP contribution is -2.35. The van der Waals surface area contributed by atoms with Crippen LogP contribution in [0.25, 0.3) is 0 Å². The standard InChI is InChI=1S/C8H13BrN2O2/c1-2-6(3-9)5-11-7(12)4-10-8(11)13/h6H,2-5H2,1H3,(H,10,13). The first kappa shape index (κ1) is 10.5. The molecule has 0 aliphatic carbocycles. The smallest absolute Gasteiger partial charge is 0.324 e. The molecule has 0 aromatic rings. The second kappa shape index (κ2) is 4.60. The van der Waals surface area contributed by atoms with Crippen LogP contribution in [0.3, 0.4) is 0 Å². The third-order valence-electron chi connectivity index (χ3n) is 2.17. The number of carbonyl (C=O) groups is 2. The van der Waals surface area contributed by atoms with Crippen molar-refractivity contribution in [2.24, 2.45) is 5.92 Å². The van der Waals surface area contributed by atoms with Crippen molar-refractivity contribution in [2.75, 3.05) is 18.4 Å². The molecular formula is C8H13BrN2O2. The van der Waals surface area contributed by atoms with Gasteiger partial charge in [-0.3, -0.25) is 9.69 Å². The molecule has 1 rings (SSSR count). The van der Waals surface area contributed by atoms with Gasteiger partial charge in [-0.25, -0.2) is 4.79 Å². The fourth-order valence-electron chi connectivity index (χ4n) is 1.19. The molecule has 4 nitrogen and oxygen atoms in total. The van der Waals surface area contributed by atoms with E-state index in [-0.39, 0.29) is 18.5 Å². The molecule has 1 saturated heterocycles. The van der Waals surface area contributed by atoms with Crippen molar-refractivity contribution in [1.29, 1.82) is 0 Å². The largest absolute Gasteiger partial charge is 0.329 e. The quantitative estimate of drug-likeness (QED) is 0.596. The average Bonchev–Trinajstić information content (AvgIpc) is 2.44. The van der Waals surface area contributed by atoms with Crippen molar-refractivity contribution in [3.05, 3.63) is 0 Å². The molecule has 1 N–H and O–H groups in total. The number of alkyl halides is 1. The summed E-state index contributed by atoms with van der Waals surface area (Å²) in [6, 6.07) is -0.260. The molecule has 0 aromatic heterocycles. The van der Waals surface area contributed by atoms with Gasteiger partial charge < -0.3 is 5.32 Å². The normalized spacial score (nSPS) is 19.1. The van der Waals surface area contributed by atoms with E-state index in [1.54, 1.807) is 0 Å². The highest BCUT2D eigenvalue weighted by atomic mass is 79.9. The summed E-state index contributed by atoms with van der Waals surface area (Å²) in [4.78, 5) is 23.6. The Kier molecular flexibility index (Phi) is 3.71. The molecule has 0 radical (unpaired) electrons. The van der Waals surface area contributed by atoms with E-state index in [4.69, 9.17) is 0 Å². The number of hydrogen-bond acceptors (Lipinski definition) is 2. The van der Waals surface area contributed by atoms with Gasteiger partial charge in [-0.15, -0.1) is 0 Å². The third-order valence-corrected chi connectivity index (χ3v) is 3.09. The monoisotopic (exact) mass is 248 g/mol. The van der Waals surface area contributed by atoms with Crippen LogP contribution in [0, 0.1) is 5.92 Å². The van der Waals surface area contributed by atoms with E-state index in [9.17, 15) is 9.59 Å². The second-order valence-electron chi connectivity index (χ2n) is 3.09. The van der Waals surface area contributed by atoms with Gasteiger partial charge in [0.05, 0.1) is 6.54 Å². The molecular weight excluding hydrogens is 236 g/mol. The Morgan fingerprint density at radius 2 is 2.31 bits per heavy atom. The summed E-state index contributed by atoms with van der Waals surface area (Å²) >= 11 is 3.35. The number of amides is 3. The van der Waals surface area contributed by atoms with E-state index in [1.807, 2.05) is 6.92 Å². The molecule has 3 amide bonds. The highest BCUT2D eigenvalue weighted by molar-refractivity contribution is 9.09. The minimum Gasteiger partial charge on any atom is -0.329 e. The molecule has 1 atom stereocenters. The number of imide groups is 1. The first-order valence-electron chi connectivity index (χ1n) is 4.33. The predicted molar refractivity (Wildman–Crippen MR) is 52.7 cm³/mol. The molecule has 1 aliphatic rings. The van der Waals surface area contributed by atoms with Crippen molar-refractivity contribution in [1.82, 2.24) is 10.2 Å². The van der Waals surface area contributed by atoms with Crippen LogP contribution in [0.1, 0.15) is 13.3 Å². The lowest BCUT2D eigenvalue weighted by Gasteiger charge is -2.18. The molecule has 13 heavy (non-hydrogen) atoms. The van der Waals surface area contributed by atoms with E-state index in [0.29, 0.717) is 12.5 Å². The Hall–Kier alpha value is -0.580. The molecule has 1 unspecified atom stereocenters. The number of urea groups is 1. The van der Waals surface area contributed by atoms with Gasteiger partial charge in [0.15, 0.2) is 0 Å². The zero-order chi connectivity index (χ0) is 9.84. The van der Waals surface area contributed by atoms with Crippen LogP contribution in [0.15, 0.2) is 0 Å². The van der Waals surface area contributed by atoms with E-state index >= 15 is 0 Å². The van der Waals surface area contributed by atoms with E-state index in [2.05, 4.69) is 21.2 Å². The van der Waals surface area contributed by atoms with Crippen LogP contribution in [0.5, 0.6) is 0 Å². The molecule has 0 spiro atoms. The molecule has 74 valence electrons. The molecule has 0 bridgehead atoms. The van der Waals surface area contributed by atoms with Crippen LogP contribution in [-0.2, 0) is 4.79 Å². The Morgan fingerprint density at radius 3 is 2.69 bits per heavy atom. The summed E-state index contributed by atoms with van der Waals surface area (Å²) in [5, 5.41) is 3.32.